The fraction of sp³-hybridized carbons (Fsp3) is 0.250. The van der Waals surface area contributed by atoms with Gasteiger partial charge in [0.1, 0.15) is 17.2 Å². The van der Waals surface area contributed by atoms with Crippen LogP contribution in [0.2, 0.25) is 0 Å². The summed E-state index contributed by atoms with van der Waals surface area (Å²) in [6.45, 7) is 4.30. The van der Waals surface area contributed by atoms with Gasteiger partial charge in [-0.1, -0.05) is 26.7 Å². The molecular formula is C28H28O4S. The van der Waals surface area contributed by atoms with Gasteiger partial charge in [-0.2, -0.15) is 0 Å². The molecule has 0 spiro atoms. The van der Waals surface area contributed by atoms with Gasteiger partial charge in [0.25, 0.3) is 0 Å². The summed E-state index contributed by atoms with van der Waals surface area (Å²) >= 11 is 1.45. The highest BCUT2D eigenvalue weighted by atomic mass is 32.1. The minimum Gasteiger partial charge on any atom is -0.508 e. The summed E-state index contributed by atoms with van der Waals surface area (Å²) in [5.74, 6) is 1.02. The number of hydrogen-bond acceptors (Lipinski definition) is 5. The first-order valence-corrected chi connectivity index (χ1v) is 12.2. The van der Waals surface area contributed by atoms with Crippen molar-refractivity contribution in [3.8, 4) is 27.7 Å². The Morgan fingerprint density at radius 3 is 2.30 bits per heavy atom. The quantitative estimate of drug-likeness (QED) is 0.253. The van der Waals surface area contributed by atoms with Crippen molar-refractivity contribution in [3.05, 3.63) is 77.9 Å². The Labute approximate surface area is 198 Å². The summed E-state index contributed by atoms with van der Waals surface area (Å²) in [5, 5.41) is 20.4. The topological polar surface area (TPSA) is 66.8 Å². The zero-order chi connectivity index (χ0) is 23.4. The number of ether oxygens (including phenoxy) is 1. The zero-order valence-corrected chi connectivity index (χ0v) is 19.7. The van der Waals surface area contributed by atoms with Crippen LogP contribution in [0.3, 0.4) is 0 Å². The van der Waals surface area contributed by atoms with Crippen LogP contribution in [0.15, 0.2) is 66.7 Å². The molecule has 0 aliphatic heterocycles. The number of rotatable bonds is 9. The molecule has 0 saturated heterocycles. The van der Waals surface area contributed by atoms with E-state index in [9.17, 15) is 15.0 Å². The molecule has 0 fully saturated rings. The molecule has 1 aromatic heterocycles. The van der Waals surface area contributed by atoms with E-state index in [4.69, 9.17) is 4.74 Å². The smallest absolute Gasteiger partial charge is 0.195 e. The van der Waals surface area contributed by atoms with E-state index in [1.807, 2.05) is 24.3 Å². The Balaban J connectivity index is 1.69. The summed E-state index contributed by atoms with van der Waals surface area (Å²) < 4.78 is 6.95. The van der Waals surface area contributed by atoms with Gasteiger partial charge in [-0.15, -0.1) is 11.3 Å². The molecule has 0 radical (unpaired) electrons. The molecule has 0 saturated carbocycles. The van der Waals surface area contributed by atoms with E-state index in [2.05, 4.69) is 13.8 Å². The highest BCUT2D eigenvalue weighted by molar-refractivity contribution is 7.22. The Kier molecular flexibility index (Phi) is 6.99. The molecule has 1 unspecified atom stereocenters. The van der Waals surface area contributed by atoms with Crippen molar-refractivity contribution in [1.29, 1.82) is 0 Å². The monoisotopic (exact) mass is 460 g/mol. The zero-order valence-electron chi connectivity index (χ0n) is 18.9. The van der Waals surface area contributed by atoms with Gasteiger partial charge in [0, 0.05) is 26.1 Å². The molecule has 0 bridgehead atoms. The van der Waals surface area contributed by atoms with Crippen molar-refractivity contribution in [2.24, 2.45) is 0 Å². The molecule has 4 aromatic rings. The maximum Gasteiger partial charge on any atom is 0.195 e. The van der Waals surface area contributed by atoms with Gasteiger partial charge in [-0.05, 0) is 85.1 Å². The fourth-order valence-electron chi connectivity index (χ4n) is 3.93. The number of phenols is 2. The Morgan fingerprint density at radius 1 is 0.939 bits per heavy atom. The molecule has 0 aliphatic carbocycles. The van der Waals surface area contributed by atoms with Gasteiger partial charge in [-0.25, -0.2) is 0 Å². The number of fused-ring (bicyclic) bond motifs is 1. The molecule has 3 aromatic carbocycles. The van der Waals surface area contributed by atoms with Crippen LogP contribution in [0.4, 0.5) is 0 Å². The number of carbonyl (C=O) groups excluding carboxylic acids is 1. The van der Waals surface area contributed by atoms with Gasteiger partial charge >= 0.3 is 0 Å². The maximum atomic E-state index is 13.7. The Bertz CT molecular complexity index is 1240. The lowest BCUT2D eigenvalue weighted by Crippen LogP contribution is -2.15. The van der Waals surface area contributed by atoms with Crippen LogP contribution in [0.1, 0.15) is 55.5 Å². The summed E-state index contributed by atoms with van der Waals surface area (Å²) in [5.41, 5.74) is 2.03. The summed E-state index contributed by atoms with van der Waals surface area (Å²) in [7, 11) is 0. The number of benzene rings is 3. The van der Waals surface area contributed by atoms with Crippen LogP contribution in [-0.4, -0.2) is 22.1 Å². The van der Waals surface area contributed by atoms with Gasteiger partial charge < -0.3 is 14.9 Å². The number of phenolic OH excluding ortho intramolecular Hbond substituents is 2. The van der Waals surface area contributed by atoms with Crippen molar-refractivity contribution in [1.82, 2.24) is 0 Å². The van der Waals surface area contributed by atoms with Gasteiger partial charge in [0.2, 0.25) is 0 Å². The average molecular weight is 461 g/mol. The van der Waals surface area contributed by atoms with Gasteiger partial charge in [0.05, 0.1) is 6.10 Å². The van der Waals surface area contributed by atoms with Crippen LogP contribution in [0, 0.1) is 0 Å². The van der Waals surface area contributed by atoms with E-state index < -0.39 is 0 Å². The average Bonchev–Trinajstić information content (AvgIpc) is 3.20. The molecule has 2 N–H and O–H groups in total. The third-order valence-corrected chi connectivity index (χ3v) is 6.99. The molecule has 4 rings (SSSR count). The molecular weight excluding hydrogens is 432 g/mol. The van der Waals surface area contributed by atoms with Crippen molar-refractivity contribution in [3.63, 3.8) is 0 Å². The SMILES string of the molecule is CCCCC(CC)Oc1ccc(C(=O)c2c(-c3ccc(O)cc3)sc3cc(O)ccc23)cc1. The second-order valence-electron chi connectivity index (χ2n) is 8.18. The lowest BCUT2D eigenvalue weighted by molar-refractivity contribution is 0.104. The second kappa shape index (κ2) is 10.1. The van der Waals surface area contributed by atoms with Crippen LogP contribution >= 0.6 is 11.3 Å². The predicted molar refractivity (Wildman–Crippen MR) is 135 cm³/mol. The first kappa shape index (κ1) is 22.9. The number of unbranched alkanes of at least 4 members (excludes halogenated alkanes) is 1. The second-order valence-corrected chi connectivity index (χ2v) is 9.23. The Morgan fingerprint density at radius 2 is 1.64 bits per heavy atom. The third kappa shape index (κ3) is 5.04. The van der Waals surface area contributed by atoms with E-state index in [1.165, 1.54) is 11.3 Å². The fourth-order valence-corrected chi connectivity index (χ4v) is 5.16. The van der Waals surface area contributed by atoms with Crippen molar-refractivity contribution in [2.45, 2.75) is 45.6 Å². The lowest BCUT2D eigenvalue weighted by Gasteiger charge is -2.17. The summed E-state index contributed by atoms with van der Waals surface area (Å²) in [6, 6.07) is 19.2. The Hall–Kier alpha value is -3.31. The third-order valence-electron chi connectivity index (χ3n) is 5.78. The number of hydrogen-bond donors (Lipinski definition) is 2. The number of thiophene rings is 1. The molecule has 1 atom stereocenters. The highest BCUT2D eigenvalue weighted by Gasteiger charge is 2.22. The van der Waals surface area contributed by atoms with E-state index in [-0.39, 0.29) is 23.4 Å². The van der Waals surface area contributed by atoms with E-state index in [0.29, 0.717) is 11.1 Å². The molecule has 33 heavy (non-hydrogen) atoms. The molecule has 0 aliphatic rings. The molecule has 5 heteroatoms. The first-order chi connectivity index (χ1) is 16.0. The summed E-state index contributed by atoms with van der Waals surface area (Å²) in [6.07, 6.45) is 4.43. The van der Waals surface area contributed by atoms with Crippen LogP contribution in [0.25, 0.3) is 20.5 Å². The van der Waals surface area contributed by atoms with Crippen LogP contribution < -0.4 is 4.74 Å². The van der Waals surface area contributed by atoms with E-state index >= 15 is 0 Å². The molecule has 170 valence electrons. The molecule has 1 heterocycles. The van der Waals surface area contributed by atoms with Crippen molar-refractivity contribution >= 4 is 27.2 Å². The summed E-state index contributed by atoms with van der Waals surface area (Å²) in [4.78, 5) is 14.5. The van der Waals surface area contributed by atoms with Crippen LogP contribution in [0.5, 0.6) is 17.2 Å². The van der Waals surface area contributed by atoms with Gasteiger partial charge in [-0.3, -0.25) is 4.79 Å². The standard InChI is InChI=1S/C28H28O4S/c1-3-5-6-22(4-2)32-23-14-9-18(10-15-23)27(31)26-24-16-13-21(30)17-25(24)33-28(26)19-7-11-20(29)12-8-19/h7-17,22,29-30H,3-6H2,1-2H3. The first-order valence-electron chi connectivity index (χ1n) is 11.4. The number of carbonyl (C=O) groups is 1. The lowest BCUT2D eigenvalue weighted by atomic mass is 9.97. The van der Waals surface area contributed by atoms with Gasteiger partial charge in [0.15, 0.2) is 5.78 Å². The normalized spacial score (nSPS) is 12.1. The van der Waals surface area contributed by atoms with Crippen LogP contribution in [-0.2, 0) is 0 Å². The number of ketones is 1. The minimum atomic E-state index is -0.0837. The van der Waals surface area contributed by atoms with Crippen molar-refractivity contribution < 1.29 is 19.7 Å². The molecule has 4 nitrogen and oxygen atoms in total. The van der Waals surface area contributed by atoms with E-state index in [0.717, 1.165) is 52.0 Å². The highest BCUT2D eigenvalue weighted by Crippen LogP contribution is 2.41. The largest absolute Gasteiger partial charge is 0.508 e. The minimum absolute atomic E-state index is 0.0837. The maximum absolute atomic E-state index is 13.7. The van der Waals surface area contributed by atoms with Crippen molar-refractivity contribution in [2.75, 3.05) is 0 Å². The van der Waals surface area contributed by atoms with E-state index in [1.54, 1.807) is 42.5 Å². The number of aromatic hydroxyl groups is 2. The molecule has 0 amide bonds. The predicted octanol–water partition coefficient (Wildman–Crippen LogP) is 7.56.